The summed E-state index contributed by atoms with van der Waals surface area (Å²) in [6.45, 7) is 6.89. The molecule has 0 spiro atoms. The van der Waals surface area contributed by atoms with Crippen molar-refractivity contribution in [3.8, 4) is 0 Å². The number of hydrogen-bond acceptors (Lipinski definition) is 5. The summed E-state index contributed by atoms with van der Waals surface area (Å²) >= 11 is 1.64. The minimum Gasteiger partial charge on any atom is -0.465 e. The molecule has 0 amide bonds. The first-order valence-electron chi connectivity index (χ1n) is 8.79. The number of hydrogen-bond donors (Lipinski definition) is 1. The van der Waals surface area contributed by atoms with Gasteiger partial charge in [0, 0.05) is 6.20 Å². The van der Waals surface area contributed by atoms with Gasteiger partial charge in [-0.05, 0) is 49.8 Å². The summed E-state index contributed by atoms with van der Waals surface area (Å²) in [5.41, 5.74) is -0.567. The number of nitrogens with one attached hydrogen (secondary N) is 1. The summed E-state index contributed by atoms with van der Waals surface area (Å²) in [5.74, 6) is 1.98. The van der Waals surface area contributed by atoms with Gasteiger partial charge in [-0.25, -0.2) is 9.78 Å². The van der Waals surface area contributed by atoms with Crippen LogP contribution in [0.4, 0.5) is 0 Å². The van der Waals surface area contributed by atoms with E-state index < -0.39 is 0 Å². The molecule has 1 N–H and O–H groups in total. The maximum Gasteiger partial charge on any atom is 0.345 e. The topological polar surface area (TPSA) is 72.0 Å². The summed E-state index contributed by atoms with van der Waals surface area (Å²) < 4.78 is 5.47. The molecule has 0 aliphatic heterocycles. The SMILES string of the molecule is CC1CC(C)(C(=O)OCCCCCCSc2ccnc(=O)[nH]2)C1C. The number of rotatable bonds is 9. The van der Waals surface area contributed by atoms with Gasteiger partial charge in [0.1, 0.15) is 0 Å². The number of aromatic nitrogens is 2. The van der Waals surface area contributed by atoms with Crippen LogP contribution >= 0.6 is 11.8 Å². The molecule has 0 saturated heterocycles. The molecule has 3 unspecified atom stereocenters. The molecule has 1 aromatic heterocycles. The maximum atomic E-state index is 12.2. The fourth-order valence-electron chi connectivity index (χ4n) is 3.27. The third-order valence-corrected chi connectivity index (χ3v) is 6.29. The van der Waals surface area contributed by atoms with Crippen molar-refractivity contribution >= 4 is 17.7 Å². The summed E-state index contributed by atoms with van der Waals surface area (Å²) in [7, 11) is 0. The number of carbonyl (C=O) groups is 1. The molecule has 1 heterocycles. The zero-order chi connectivity index (χ0) is 17.6. The maximum absolute atomic E-state index is 12.2. The van der Waals surface area contributed by atoms with Crippen molar-refractivity contribution in [3.05, 3.63) is 22.7 Å². The first-order valence-corrected chi connectivity index (χ1v) is 9.77. The molecule has 1 aliphatic carbocycles. The van der Waals surface area contributed by atoms with E-state index in [4.69, 9.17) is 4.74 Å². The van der Waals surface area contributed by atoms with Gasteiger partial charge in [-0.15, -0.1) is 11.8 Å². The number of H-pyrrole nitrogens is 1. The quantitative estimate of drug-likeness (QED) is 0.318. The van der Waals surface area contributed by atoms with E-state index in [-0.39, 0.29) is 17.1 Å². The number of thioether (sulfide) groups is 1. The molecular formula is C18H28N2O3S. The van der Waals surface area contributed by atoms with E-state index in [1.54, 1.807) is 11.8 Å². The highest BCUT2D eigenvalue weighted by molar-refractivity contribution is 7.99. The molecule has 2 rings (SSSR count). The predicted octanol–water partition coefficient (Wildman–Crippen LogP) is 3.65. The Morgan fingerprint density at radius 3 is 2.79 bits per heavy atom. The molecule has 3 atom stereocenters. The molecular weight excluding hydrogens is 324 g/mol. The molecule has 1 fully saturated rings. The van der Waals surface area contributed by atoms with Crippen LogP contribution in [0.15, 0.2) is 22.1 Å². The number of esters is 1. The number of carbonyl (C=O) groups excluding carboxylic acids is 1. The van der Waals surface area contributed by atoms with E-state index in [2.05, 4.69) is 23.8 Å². The Morgan fingerprint density at radius 1 is 1.38 bits per heavy atom. The third-order valence-electron chi connectivity index (χ3n) is 5.25. The summed E-state index contributed by atoms with van der Waals surface area (Å²) in [6, 6.07) is 1.81. The van der Waals surface area contributed by atoms with Crippen molar-refractivity contribution in [2.24, 2.45) is 17.3 Å². The number of aromatic amines is 1. The van der Waals surface area contributed by atoms with Crippen molar-refractivity contribution in [1.82, 2.24) is 9.97 Å². The van der Waals surface area contributed by atoms with E-state index in [9.17, 15) is 9.59 Å². The van der Waals surface area contributed by atoms with E-state index in [1.807, 2.05) is 13.0 Å². The van der Waals surface area contributed by atoms with Crippen molar-refractivity contribution in [1.29, 1.82) is 0 Å². The van der Waals surface area contributed by atoms with Crippen molar-refractivity contribution in [2.45, 2.75) is 57.9 Å². The first-order chi connectivity index (χ1) is 11.4. The van der Waals surface area contributed by atoms with Gasteiger partial charge in [-0.1, -0.05) is 26.7 Å². The van der Waals surface area contributed by atoms with Crippen LogP contribution < -0.4 is 5.69 Å². The fraction of sp³-hybridized carbons (Fsp3) is 0.722. The van der Waals surface area contributed by atoms with E-state index in [0.29, 0.717) is 18.4 Å². The highest BCUT2D eigenvalue weighted by atomic mass is 32.2. The van der Waals surface area contributed by atoms with Crippen LogP contribution in [0.3, 0.4) is 0 Å². The second-order valence-corrected chi connectivity index (χ2v) is 8.16. The molecule has 6 heteroatoms. The normalized spacial score (nSPS) is 26.0. The lowest BCUT2D eigenvalue weighted by Crippen LogP contribution is -2.49. The summed E-state index contributed by atoms with van der Waals surface area (Å²) in [4.78, 5) is 29.5. The predicted molar refractivity (Wildman–Crippen MR) is 96.1 cm³/mol. The largest absolute Gasteiger partial charge is 0.465 e. The lowest BCUT2D eigenvalue weighted by Gasteiger charge is -2.48. The molecule has 134 valence electrons. The molecule has 5 nitrogen and oxygen atoms in total. The molecule has 0 radical (unpaired) electrons. The lowest BCUT2D eigenvalue weighted by atomic mass is 9.56. The third kappa shape index (κ3) is 4.85. The van der Waals surface area contributed by atoms with Gasteiger partial charge in [-0.3, -0.25) is 4.79 Å². The van der Waals surface area contributed by atoms with Crippen molar-refractivity contribution in [2.75, 3.05) is 12.4 Å². The Bertz CT molecular complexity index is 604. The second kappa shape index (κ2) is 8.70. The molecule has 24 heavy (non-hydrogen) atoms. The van der Waals surface area contributed by atoms with Gasteiger partial charge in [0.15, 0.2) is 0 Å². The monoisotopic (exact) mass is 352 g/mol. The second-order valence-electron chi connectivity index (χ2n) is 7.03. The van der Waals surface area contributed by atoms with Gasteiger partial charge in [-0.2, -0.15) is 0 Å². The zero-order valence-corrected chi connectivity index (χ0v) is 15.7. The van der Waals surface area contributed by atoms with Crippen LogP contribution in [0, 0.1) is 17.3 Å². The average Bonchev–Trinajstić information content (AvgIpc) is 2.56. The van der Waals surface area contributed by atoms with E-state index in [1.165, 1.54) is 6.20 Å². The summed E-state index contributed by atoms with van der Waals surface area (Å²) in [5, 5.41) is 0.862. The Balaban J connectivity index is 1.50. The number of ether oxygens (including phenoxy) is 1. The summed E-state index contributed by atoms with van der Waals surface area (Å²) in [6.07, 6.45) is 6.63. The lowest BCUT2D eigenvalue weighted by molar-refractivity contribution is -0.170. The number of unbranched alkanes of at least 4 members (excludes halogenated alkanes) is 3. The number of nitrogens with zero attached hydrogens (tertiary/aromatic N) is 1. The standard InChI is InChI=1S/C18H28N2O3S/c1-13-12-18(3,14(13)2)16(21)23-10-6-4-5-7-11-24-15-8-9-19-17(22)20-15/h8-9,13-14H,4-7,10-12H2,1-3H3,(H,19,20,22). The van der Waals surface area contributed by atoms with Gasteiger partial charge >= 0.3 is 11.7 Å². The van der Waals surface area contributed by atoms with E-state index in [0.717, 1.165) is 42.9 Å². The average molecular weight is 352 g/mol. The smallest absolute Gasteiger partial charge is 0.345 e. The van der Waals surface area contributed by atoms with E-state index >= 15 is 0 Å². The Hall–Kier alpha value is -1.30. The van der Waals surface area contributed by atoms with Gasteiger partial charge in [0.25, 0.3) is 0 Å². The Morgan fingerprint density at radius 2 is 2.12 bits per heavy atom. The molecule has 1 saturated carbocycles. The Labute approximate surface area is 148 Å². The minimum atomic E-state index is -0.300. The van der Waals surface area contributed by atoms with Crippen LogP contribution in [0.25, 0.3) is 0 Å². The zero-order valence-electron chi connectivity index (χ0n) is 14.8. The molecule has 1 aliphatic rings. The Kier molecular flexibility index (Phi) is 6.90. The fourth-order valence-corrected chi connectivity index (χ4v) is 4.16. The van der Waals surface area contributed by atoms with Gasteiger partial charge in [0.2, 0.25) is 0 Å². The van der Waals surface area contributed by atoms with Gasteiger partial charge in [0.05, 0.1) is 17.0 Å². The van der Waals surface area contributed by atoms with Crippen LogP contribution in [0.2, 0.25) is 0 Å². The highest BCUT2D eigenvalue weighted by Crippen LogP contribution is 2.51. The van der Waals surface area contributed by atoms with Crippen LogP contribution in [0.5, 0.6) is 0 Å². The van der Waals surface area contributed by atoms with Crippen molar-refractivity contribution in [3.63, 3.8) is 0 Å². The van der Waals surface area contributed by atoms with Crippen LogP contribution in [0.1, 0.15) is 52.9 Å². The van der Waals surface area contributed by atoms with Gasteiger partial charge < -0.3 is 9.72 Å². The molecule has 0 aromatic carbocycles. The molecule has 0 bridgehead atoms. The van der Waals surface area contributed by atoms with Crippen LogP contribution in [-0.4, -0.2) is 28.3 Å². The van der Waals surface area contributed by atoms with Crippen LogP contribution in [-0.2, 0) is 9.53 Å². The molecule has 1 aromatic rings. The highest BCUT2D eigenvalue weighted by Gasteiger charge is 2.51. The minimum absolute atomic E-state index is 0.0229. The first kappa shape index (κ1) is 19.0. The van der Waals surface area contributed by atoms with Crippen molar-refractivity contribution < 1.29 is 9.53 Å².